The zero-order valence-electron chi connectivity index (χ0n) is 13.6. The van der Waals surface area contributed by atoms with Gasteiger partial charge in [0, 0.05) is 20.1 Å². The van der Waals surface area contributed by atoms with Crippen LogP contribution in [0.5, 0.6) is 5.75 Å². The van der Waals surface area contributed by atoms with Crippen LogP contribution >= 0.6 is 0 Å². The van der Waals surface area contributed by atoms with Crippen molar-refractivity contribution in [2.45, 2.75) is 12.5 Å². The third-order valence-electron chi connectivity index (χ3n) is 4.31. The molecule has 1 heterocycles. The molecule has 2 aromatic carbocycles. The minimum absolute atomic E-state index is 0.114. The van der Waals surface area contributed by atoms with Gasteiger partial charge in [0.2, 0.25) is 5.91 Å². The maximum Gasteiger partial charge on any atom is 0.239 e. The number of hydrogen-bond donors (Lipinski definition) is 1. The molecular weight excluding hydrogens is 288 g/mol. The number of piperazine rings is 1. The summed E-state index contributed by atoms with van der Waals surface area (Å²) >= 11 is 0. The van der Waals surface area contributed by atoms with Gasteiger partial charge in [-0.05, 0) is 35.2 Å². The molecule has 1 atom stereocenters. The van der Waals surface area contributed by atoms with Gasteiger partial charge in [-0.25, -0.2) is 0 Å². The molecule has 4 nitrogen and oxygen atoms in total. The fourth-order valence-electron chi connectivity index (χ4n) is 2.90. The van der Waals surface area contributed by atoms with Crippen molar-refractivity contribution >= 4 is 5.91 Å². The maximum atomic E-state index is 12.1. The standard InChI is InChI=1S/C19H22N2O2/c1-21-11-10-20-18(19(21)22)12-14-6-8-15(9-7-14)16-4-3-5-17(13-16)23-2/h3-9,13,18,20H,10-12H2,1-2H3/t18-/m1/s1. The lowest BCUT2D eigenvalue weighted by Gasteiger charge is -2.30. The van der Waals surface area contributed by atoms with Crippen molar-refractivity contribution in [1.29, 1.82) is 0 Å². The first-order valence-corrected chi connectivity index (χ1v) is 7.89. The minimum Gasteiger partial charge on any atom is -0.497 e. The van der Waals surface area contributed by atoms with Gasteiger partial charge in [-0.3, -0.25) is 4.79 Å². The van der Waals surface area contributed by atoms with Crippen LogP contribution in [-0.4, -0.2) is 44.1 Å². The molecule has 0 spiro atoms. The van der Waals surface area contributed by atoms with E-state index in [-0.39, 0.29) is 11.9 Å². The molecule has 4 heteroatoms. The van der Waals surface area contributed by atoms with E-state index in [1.165, 1.54) is 0 Å². The zero-order valence-corrected chi connectivity index (χ0v) is 13.6. The van der Waals surface area contributed by atoms with E-state index in [2.05, 4.69) is 35.6 Å². The number of nitrogens with zero attached hydrogens (tertiary/aromatic N) is 1. The Morgan fingerprint density at radius 2 is 1.96 bits per heavy atom. The Hall–Kier alpha value is -2.33. The van der Waals surface area contributed by atoms with Crippen LogP contribution in [0.2, 0.25) is 0 Å². The Labute approximate surface area is 137 Å². The molecular formula is C19H22N2O2. The number of nitrogens with one attached hydrogen (secondary N) is 1. The smallest absolute Gasteiger partial charge is 0.239 e. The molecule has 0 unspecified atom stereocenters. The average Bonchev–Trinajstić information content (AvgIpc) is 2.60. The van der Waals surface area contributed by atoms with E-state index in [0.717, 1.165) is 42.0 Å². The second kappa shape index (κ2) is 6.84. The SMILES string of the molecule is COc1cccc(-c2ccc(C[C@H]3NCCN(C)C3=O)cc2)c1. The highest BCUT2D eigenvalue weighted by molar-refractivity contribution is 5.82. The fraction of sp³-hybridized carbons (Fsp3) is 0.316. The van der Waals surface area contributed by atoms with Crippen molar-refractivity contribution < 1.29 is 9.53 Å². The van der Waals surface area contributed by atoms with Gasteiger partial charge in [-0.15, -0.1) is 0 Å². The Morgan fingerprint density at radius 3 is 2.70 bits per heavy atom. The van der Waals surface area contributed by atoms with Crippen molar-refractivity contribution in [2.24, 2.45) is 0 Å². The zero-order chi connectivity index (χ0) is 16.2. The molecule has 0 aromatic heterocycles. The summed E-state index contributed by atoms with van der Waals surface area (Å²) in [7, 11) is 3.54. The Balaban J connectivity index is 1.73. The van der Waals surface area contributed by atoms with E-state index in [0.29, 0.717) is 0 Å². The summed E-state index contributed by atoms with van der Waals surface area (Å²) in [6.45, 7) is 1.64. The third kappa shape index (κ3) is 3.54. The van der Waals surface area contributed by atoms with Gasteiger partial charge in [0.15, 0.2) is 0 Å². The molecule has 1 N–H and O–H groups in total. The molecule has 3 rings (SSSR count). The number of ether oxygens (including phenoxy) is 1. The van der Waals surface area contributed by atoms with Crippen LogP contribution in [0.25, 0.3) is 11.1 Å². The molecule has 0 radical (unpaired) electrons. The lowest BCUT2D eigenvalue weighted by molar-refractivity contribution is -0.134. The van der Waals surface area contributed by atoms with Gasteiger partial charge in [0.25, 0.3) is 0 Å². The predicted octanol–water partition coefficient (Wildman–Crippen LogP) is 2.33. The monoisotopic (exact) mass is 310 g/mol. The van der Waals surface area contributed by atoms with Crippen LogP contribution in [0.3, 0.4) is 0 Å². The van der Waals surface area contributed by atoms with Gasteiger partial charge >= 0.3 is 0 Å². The third-order valence-corrected chi connectivity index (χ3v) is 4.31. The summed E-state index contributed by atoms with van der Waals surface area (Å²) in [6, 6.07) is 16.3. The van der Waals surface area contributed by atoms with Gasteiger partial charge in [-0.1, -0.05) is 36.4 Å². The van der Waals surface area contributed by atoms with Crippen molar-refractivity contribution in [3.05, 3.63) is 54.1 Å². The maximum absolute atomic E-state index is 12.1. The lowest BCUT2D eigenvalue weighted by atomic mass is 9.99. The average molecular weight is 310 g/mol. The molecule has 0 saturated carbocycles. The second-order valence-corrected chi connectivity index (χ2v) is 5.90. The molecule has 1 aliphatic rings. The fourth-order valence-corrected chi connectivity index (χ4v) is 2.90. The van der Waals surface area contributed by atoms with E-state index < -0.39 is 0 Å². The summed E-state index contributed by atoms with van der Waals surface area (Å²) in [5.41, 5.74) is 3.44. The number of carbonyl (C=O) groups is 1. The van der Waals surface area contributed by atoms with Gasteiger partial charge in [0.05, 0.1) is 13.2 Å². The molecule has 120 valence electrons. The first kappa shape index (κ1) is 15.6. The number of likely N-dealkylation sites (N-methyl/N-ethyl adjacent to an activating group) is 1. The van der Waals surface area contributed by atoms with Crippen LogP contribution < -0.4 is 10.1 Å². The van der Waals surface area contributed by atoms with E-state index in [1.807, 2.05) is 25.2 Å². The van der Waals surface area contributed by atoms with Crippen LogP contribution in [0.4, 0.5) is 0 Å². The van der Waals surface area contributed by atoms with Crippen molar-refractivity contribution in [3.8, 4) is 16.9 Å². The number of carbonyl (C=O) groups excluding carboxylic acids is 1. The summed E-state index contributed by atoms with van der Waals surface area (Å²) in [5.74, 6) is 1.03. The Kier molecular flexibility index (Phi) is 4.63. The molecule has 1 amide bonds. The number of amides is 1. The largest absolute Gasteiger partial charge is 0.497 e. The lowest BCUT2D eigenvalue weighted by Crippen LogP contribution is -2.54. The number of rotatable bonds is 4. The summed E-state index contributed by atoms with van der Waals surface area (Å²) in [5, 5.41) is 3.30. The highest BCUT2D eigenvalue weighted by Crippen LogP contribution is 2.24. The van der Waals surface area contributed by atoms with Crippen molar-refractivity contribution in [2.75, 3.05) is 27.2 Å². The second-order valence-electron chi connectivity index (χ2n) is 5.90. The van der Waals surface area contributed by atoms with E-state index in [1.54, 1.807) is 12.0 Å². The minimum atomic E-state index is -0.114. The highest BCUT2D eigenvalue weighted by atomic mass is 16.5. The molecule has 23 heavy (non-hydrogen) atoms. The Morgan fingerprint density at radius 1 is 1.17 bits per heavy atom. The van der Waals surface area contributed by atoms with Crippen LogP contribution in [-0.2, 0) is 11.2 Å². The summed E-state index contributed by atoms with van der Waals surface area (Å²) in [6.07, 6.45) is 0.724. The molecule has 1 saturated heterocycles. The number of benzene rings is 2. The van der Waals surface area contributed by atoms with Gasteiger partial charge < -0.3 is 15.0 Å². The quantitative estimate of drug-likeness (QED) is 0.942. The van der Waals surface area contributed by atoms with E-state index in [4.69, 9.17) is 4.74 Å². The van der Waals surface area contributed by atoms with Crippen LogP contribution in [0.15, 0.2) is 48.5 Å². The van der Waals surface area contributed by atoms with Crippen molar-refractivity contribution in [1.82, 2.24) is 10.2 Å². The first-order chi connectivity index (χ1) is 11.2. The van der Waals surface area contributed by atoms with Crippen LogP contribution in [0.1, 0.15) is 5.56 Å². The first-order valence-electron chi connectivity index (χ1n) is 7.89. The Bertz CT molecular complexity index is 682. The van der Waals surface area contributed by atoms with E-state index >= 15 is 0 Å². The molecule has 2 aromatic rings. The predicted molar refractivity (Wildman–Crippen MR) is 91.6 cm³/mol. The molecule has 0 aliphatic carbocycles. The highest BCUT2D eigenvalue weighted by Gasteiger charge is 2.25. The molecule has 1 aliphatic heterocycles. The number of methoxy groups -OCH3 is 1. The normalized spacial score (nSPS) is 18.1. The van der Waals surface area contributed by atoms with Gasteiger partial charge in [0.1, 0.15) is 5.75 Å². The molecule has 0 bridgehead atoms. The number of hydrogen-bond acceptors (Lipinski definition) is 3. The van der Waals surface area contributed by atoms with Crippen LogP contribution in [0, 0.1) is 0 Å². The van der Waals surface area contributed by atoms with Crippen molar-refractivity contribution in [3.63, 3.8) is 0 Å². The topological polar surface area (TPSA) is 41.6 Å². The van der Waals surface area contributed by atoms with Gasteiger partial charge in [-0.2, -0.15) is 0 Å². The van der Waals surface area contributed by atoms with E-state index in [9.17, 15) is 4.79 Å². The molecule has 1 fully saturated rings. The summed E-state index contributed by atoms with van der Waals surface area (Å²) in [4.78, 5) is 13.9. The summed E-state index contributed by atoms with van der Waals surface area (Å²) < 4.78 is 5.27.